The fourth-order valence-electron chi connectivity index (χ4n) is 4.58. The van der Waals surface area contributed by atoms with Gasteiger partial charge in [-0.15, -0.1) is 0 Å². The van der Waals surface area contributed by atoms with Crippen LogP contribution >= 0.6 is 11.6 Å². The fraction of sp³-hybridized carbons (Fsp3) is 0.500. The molecule has 0 unspecified atom stereocenters. The lowest BCUT2D eigenvalue weighted by molar-refractivity contribution is -0.132. The molecule has 2 bridgehead atoms. The van der Waals surface area contributed by atoms with Gasteiger partial charge in [-0.3, -0.25) is 9.59 Å². The second-order valence-corrected chi connectivity index (χ2v) is 8.96. The highest BCUT2D eigenvalue weighted by atomic mass is 35.5. The lowest BCUT2D eigenvalue weighted by Crippen LogP contribution is -2.70. The standard InChI is InChI=1S/C22H25ClFN3O5/c1-2-13-10-17(27-32-13)20(30)26-21-5-7-22(8-6-21,18(28)11-21)25-19(29)12-31-14-3-4-15(23)16(24)9-14/h3-4,9-10,18,28H,2,5-8,11-12H2,1H3,(H,25,29)(H,26,30)/t18-,21?,22?/m0/s1. The minimum Gasteiger partial charge on any atom is -0.484 e. The quantitative estimate of drug-likeness (QED) is 0.579. The van der Waals surface area contributed by atoms with Crippen LogP contribution in [0.15, 0.2) is 28.8 Å². The predicted octanol–water partition coefficient (Wildman–Crippen LogP) is 2.77. The number of aliphatic hydroxyl groups excluding tert-OH is 1. The molecule has 2 aromatic rings. The Hall–Kier alpha value is -2.65. The van der Waals surface area contributed by atoms with E-state index in [0.29, 0.717) is 44.3 Å². The molecule has 0 aliphatic heterocycles. The predicted molar refractivity (Wildman–Crippen MR) is 113 cm³/mol. The summed E-state index contributed by atoms with van der Waals surface area (Å²) in [6.45, 7) is 1.59. The van der Waals surface area contributed by atoms with Crippen LogP contribution in [0.5, 0.6) is 5.75 Å². The number of ether oxygens (including phenoxy) is 1. The summed E-state index contributed by atoms with van der Waals surface area (Å²) in [7, 11) is 0. The molecule has 3 fully saturated rings. The van der Waals surface area contributed by atoms with Crippen molar-refractivity contribution in [1.82, 2.24) is 15.8 Å². The number of benzene rings is 1. The van der Waals surface area contributed by atoms with Crippen molar-refractivity contribution >= 4 is 23.4 Å². The molecular formula is C22H25ClFN3O5. The first kappa shape index (κ1) is 22.5. The summed E-state index contributed by atoms with van der Waals surface area (Å²) in [6, 6.07) is 5.55. The Bertz CT molecular complexity index is 1020. The summed E-state index contributed by atoms with van der Waals surface area (Å²) in [6.07, 6.45) is 2.37. The molecule has 1 atom stereocenters. The maximum absolute atomic E-state index is 13.5. The van der Waals surface area contributed by atoms with Crippen LogP contribution in [-0.2, 0) is 11.2 Å². The van der Waals surface area contributed by atoms with Crippen molar-refractivity contribution in [2.45, 2.75) is 62.6 Å². The van der Waals surface area contributed by atoms with E-state index in [1.807, 2.05) is 6.92 Å². The number of halogens is 2. The van der Waals surface area contributed by atoms with Gasteiger partial charge in [0, 0.05) is 24.1 Å². The molecule has 32 heavy (non-hydrogen) atoms. The van der Waals surface area contributed by atoms with Crippen LogP contribution in [0.1, 0.15) is 55.3 Å². The van der Waals surface area contributed by atoms with Gasteiger partial charge in [0.15, 0.2) is 12.3 Å². The number of aliphatic hydroxyl groups is 1. The molecule has 3 N–H and O–H groups in total. The summed E-state index contributed by atoms with van der Waals surface area (Å²) in [5.41, 5.74) is -1.11. The van der Waals surface area contributed by atoms with Crippen molar-refractivity contribution < 1.29 is 28.3 Å². The molecule has 0 saturated heterocycles. The Balaban J connectivity index is 1.34. The van der Waals surface area contributed by atoms with Crippen LogP contribution in [0.4, 0.5) is 4.39 Å². The molecule has 10 heteroatoms. The van der Waals surface area contributed by atoms with Gasteiger partial charge >= 0.3 is 0 Å². The molecule has 1 heterocycles. The summed E-state index contributed by atoms with van der Waals surface area (Å²) < 4.78 is 24.0. The molecule has 3 aliphatic rings. The molecular weight excluding hydrogens is 441 g/mol. The molecule has 0 spiro atoms. The van der Waals surface area contributed by atoms with Crippen molar-refractivity contribution in [2.24, 2.45) is 0 Å². The van der Waals surface area contributed by atoms with Gasteiger partial charge in [0.1, 0.15) is 17.3 Å². The van der Waals surface area contributed by atoms with E-state index in [1.165, 1.54) is 12.1 Å². The van der Waals surface area contributed by atoms with Crippen molar-refractivity contribution in [3.05, 3.63) is 46.6 Å². The van der Waals surface area contributed by atoms with E-state index in [1.54, 1.807) is 6.07 Å². The smallest absolute Gasteiger partial charge is 0.273 e. The van der Waals surface area contributed by atoms with Crippen molar-refractivity contribution in [3.63, 3.8) is 0 Å². The number of hydrogen-bond acceptors (Lipinski definition) is 6. The number of aryl methyl sites for hydroxylation is 1. The van der Waals surface area contributed by atoms with Gasteiger partial charge < -0.3 is 25.0 Å². The van der Waals surface area contributed by atoms with Gasteiger partial charge in [-0.1, -0.05) is 23.7 Å². The number of hydrogen-bond donors (Lipinski definition) is 3. The van der Waals surface area contributed by atoms with Crippen LogP contribution in [0.3, 0.4) is 0 Å². The zero-order valence-corrected chi connectivity index (χ0v) is 18.4. The molecule has 0 radical (unpaired) electrons. The van der Waals surface area contributed by atoms with E-state index >= 15 is 0 Å². The fourth-order valence-corrected chi connectivity index (χ4v) is 4.70. The largest absolute Gasteiger partial charge is 0.484 e. The first-order chi connectivity index (χ1) is 15.2. The van der Waals surface area contributed by atoms with Crippen molar-refractivity contribution in [2.75, 3.05) is 6.61 Å². The molecule has 3 aliphatic carbocycles. The minimum absolute atomic E-state index is 0.0295. The van der Waals surface area contributed by atoms with Gasteiger partial charge in [0.2, 0.25) is 0 Å². The number of carbonyl (C=O) groups excluding carboxylic acids is 2. The average Bonchev–Trinajstić information content (AvgIpc) is 3.25. The maximum Gasteiger partial charge on any atom is 0.273 e. The van der Waals surface area contributed by atoms with Crippen molar-refractivity contribution in [3.8, 4) is 5.75 Å². The highest BCUT2D eigenvalue weighted by molar-refractivity contribution is 6.30. The van der Waals surface area contributed by atoms with E-state index in [9.17, 15) is 19.1 Å². The third kappa shape index (κ3) is 4.45. The third-order valence-corrected chi connectivity index (χ3v) is 6.80. The highest BCUT2D eigenvalue weighted by Gasteiger charge is 2.55. The molecule has 5 rings (SSSR count). The summed E-state index contributed by atoms with van der Waals surface area (Å²) in [4.78, 5) is 25.1. The Labute approximate surface area is 189 Å². The topological polar surface area (TPSA) is 114 Å². The second-order valence-electron chi connectivity index (χ2n) is 8.56. The number of rotatable bonds is 7. The monoisotopic (exact) mass is 465 g/mol. The zero-order valence-electron chi connectivity index (χ0n) is 17.6. The highest BCUT2D eigenvalue weighted by Crippen LogP contribution is 2.47. The lowest BCUT2D eigenvalue weighted by Gasteiger charge is -2.56. The van der Waals surface area contributed by atoms with E-state index in [2.05, 4.69) is 15.8 Å². The summed E-state index contributed by atoms with van der Waals surface area (Å²) in [5.74, 6) is -0.554. The Morgan fingerprint density at radius 3 is 2.66 bits per heavy atom. The molecule has 2 amide bonds. The first-order valence-corrected chi connectivity index (χ1v) is 11.0. The van der Waals surface area contributed by atoms with Gasteiger partial charge in [-0.2, -0.15) is 0 Å². The number of amides is 2. The molecule has 1 aromatic carbocycles. The first-order valence-electron chi connectivity index (χ1n) is 10.6. The van der Waals surface area contributed by atoms with E-state index < -0.39 is 28.9 Å². The van der Waals surface area contributed by atoms with E-state index in [0.717, 1.165) is 6.07 Å². The Kier molecular flexibility index (Phi) is 6.13. The SMILES string of the molecule is CCc1cc(C(=O)NC23CCC(NC(=O)COc4ccc(Cl)c(F)c4)(CC2)[C@@H](O)C3)no1. The maximum atomic E-state index is 13.5. The zero-order chi connectivity index (χ0) is 22.9. The van der Waals surface area contributed by atoms with Crippen LogP contribution in [0.2, 0.25) is 5.02 Å². The molecule has 1 aromatic heterocycles. The normalized spacial score (nSPS) is 26.6. The second kappa shape index (κ2) is 8.71. The van der Waals surface area contributed by atoms with Crippen LogP contribution in [0.25, 0.3) is 0 Å². The molecule has 172 valence electrons. The summed E-state index contributed by atoms with van der Waals surface area (Å²) in [5, 5.41) is 20.5. The number of fused-ring (bicyclic) bond motifs is 3. The third-order valence-electron chi connectivity index (χ3n) is 6.49. The average molecular weight is 466 g/mol. The van der Waals surface area contributed by atoms with E-state index in [4.69, 9.17) is 20.9 Å². The van der Waals surface area contributed by atoms with Crippen LogP contribution < -0.4 is 15.4 Å². The molecule has 8 nitrogen and oxygen atoms in total. The minimum atomic E-state index is -0.828. The van der Waals surface area contributed by atoms with Gasteiger partial charge in [-0.25, -0.2) is 4.39 Å². The van der Waals surface area contributed by atoms with E-state index in [-0.39, 0.29) is 29.0 Å². The molecule has 3 saturated carbocycles. The summed E-state index contributed by atoms with van der Waals surface area (Å²) >= 11 is 5.64. The van der Waals surface area contributed by atoms with Gasteiger partial charge in [0.05, 0.1) is 16.7 Å². The van der Waals surface area contributed by atoms with Gasteiger partial charge in [0.25, 0.3) is 11.8 Å². The Morgan fingerprint density at radius 2 is 2.03 bits per heavy atom. The van der Waals surface area contributed by atoms with Crippen molar-refractivity contribution in [1.29, 1.82) is 0 Å². The number of aromatic nitrogens is 1. The van der Waals surface area contributed by atoms with Gasteiger partial charge in [-0.05, 0) is 44.2 Å². The Morgan fingerprint density at radius 1 is 1.28 bits per heavy atom. The van der Waals surface area contributed by atoms with Crippen LogP contribution in [0, 0.1) is 5.82 Å². The van der Waals surface area contributed by atoms with Crippen LogP contribution in [-0.4, -0.2) is 45.9 Å². The number of nitrogens with one attached hydrogen (secondary N) is 2. The lowest BCUT2D eigenvalue weighted by atomic mass is 9.60. The number of carbonyl (C=O) groups is 2. The number of nitrogens with zero attached hydrogens (tertiary/aromatic N) is 1.